The van der Waals surface area contributed by atoms with E-state index in [0.29, 0.717) is 5.39 Å². The maximum Gasteiger partial charge on any atom is 0.307 e. The van der Waals surface area contributed by atoms with Crippen molar-refractivity contribution in [3.63, 3.8) is 0 Å². The molecule has 0 aliphatic rings. The van der Waals surface area contributed by atoms with Crippen LogP contribution in [0.1, 0.15) is 16.1 Å². The maximum atomic E-state index is 13.9. The number of carbonyl (C=O) groups is 2. The van der Waals surface area contributed by atoms with E-state index in [9.17, 15) is 14.0 Å². The minimum absolute atomic E-state index is 0.0513. The number of carboxylic acids is 1. The van der Waals surface area contributed by atoms with Crippen LogP contribution in [0.3, 0.4) is 0 Å². The van der Waals surface area contributed by atoms with E-state index in [4.69, 9.17) is 16.7 Å². The van der Waals surface area contributed by atoms with Crippen LogP contribution in [0.15, 0.2) is 36.4 Å². The van der Waals surface area contributed by atoms with E-state index in [1.807, 2.05) is 12.1 Å². The minimum Gasteiger partial charge on any atom is -0.481 e. The summed E-state index contributed by atoms with van der Waals surface area (Å²) < 4.78 is 18.9. The van der Waals surface area contributed by atoms with E-state index in [2.05, 4.69) is 9.69 Å². The fourth-order valence-corrected chi connectivity index (χ4v) is 3.22. The van der Waals surface area contributed by atoms with Gasteiger partial charge in [0.15, 0.2) is 0 Å². The molecular weight excluding hydrogens is 355 g/mol. The second-order valence-corrected chi connectivity index (χ2v) is 6.19. The van der Waals surface area contributed by atoms with Gasteiger partial charge in [0.05, 0.1) is 21.8 Å². The van der Waals surface area contributed by atoms with Crippen LogP contribution in [0, 0.1) is 5.82 Å². The molecule has 0 bridgehead atoms. The van der Waals surface area contributed by atoms with Gasteiger partial charge in [-0.15, -0.1) is 0 Å². The SMILES string of the molecule is O=C(O)Cc1cc(Cl)c(NC(=O)c2nsc3ccccc23)cc1F. The molecule has 24 heavy (non-hydrogen) atoms. The molecule has 8 heteroatoms. The number of hydrogen-bond donors (Lipinski definition) is 2. The first-order chi connectivity index (χ1) is 11.5. The summed E-state index contributed by atoms with van der Waals surface area (Å²) in [5.41, 5.74) is 0.233. The average molecular weight is 365 g/mol. The molecule has 0 spiro atoms. The van der Waals surface area contributed by atoms with Crippen LogP contribution in [-0.4, -0.2) is 21.4 Å². The number of carbonyl (C=O) groups excluding carboxylic acids is 1. The third kappa shape index (κ3) is 3.22. The summed E-state index contributed by atoms with van der Waals surface area (Å²) in [6, 6.07) is 9.45. The smallest absolute Gasteiger partial charge is 0.307 e. The highest BCUT2D eigenvalue weighted by Gasteiger charge is 2.17. The van der Waals surface area contributed by atoms with E-state index in [1.54, 1.807) is 12.1 Å². The van der Waals surface area contributed by atoms with Crippen LogP contribution in [-0.2, 0) is 11.2 Å². The normalized spacial score (nSPS) is 10.8. The van der Waals surface area contributed by atoms with Crippen molar-refractivity contribution in [3.05, 3.63) is 58.5 Å². The highest BCUT2D eigenvalue weighted by atomic mass is 35.5. The van der Waals surface area contributed by atoms with Crippen molar-refractivity contribution in [2.24, 2.45) is 0 Å². The lowest BCUT2D eigenvalue weighted by Gasteiger charge is -2.09. The summed E-state index contributed by atoms with van der Waals surface area (Å²) in [7, 11) is 0. The van der Waals surface area contributed by atoms with Gasteiger partial charge in [-0.05, 0) is 29.7 Å². The van der Waals surface area contributed by atoms with Crippen molar-refractivity contribution < 1.29 is 19.1 Å². The lowest BCUT2D eigenvalue weighted by Crippen LogP contribution is -2.13. The van der Waals surface area contributed by atoms with Gasteiger partial charge in [0.2, 0.25) is 0 Å². The van der Waals surface area contributed by atoms with Gasteiger partial charge in [0.1, 0.15) is 11.5 Å². The van der Waals surface area contributed by atoms with Gasteiger partial charge in [-0.2, -0.15) is 4.37 Å². The van der Waals surface area contributed by atoms with Crippen molar-refractivity contribution >= 4 is 50.8 Å². The van der Waals surface area contributed by atoms with Crippen LogP contribution < -0.4 is 5.32 Å². The molecule has 0 radical (unpaired) electrons. The zero-order valence-corrected chi connectivity index (χ0v) is 13.6. The number of hydrogen-bond acceptors (Lipinski definition) is 4. The highest BCUT2D eigenvalue weighted by molar-refractivity contribution is 7.13. The quantitative estimate of drug-likeness (QED) is 0.734. The van der Waals surface area contributed by atoms with E-state index in [-0.39, 0.29) is 22.0 Å². The first-order valence-corrected chi connectivity index (χ1v) is 7.96. The molecule has 2 aromatic carbocycles. The number of nitrogens with zero attached hydrogens (tertiary/aromatic N) is 1. The van der Waals surface area contributed by atoms with Crippen molar-refractivity contribution in [3.8, 4) is 0 Å². The number of halogens is 2. The number of fused-ring (bicyclic) bond motifs is 1. The number of anilines is 1. The van der Waals surface area contributed by atoms with E-state index >= 15 is 0 Å². The van der Waals surface area contributed by atoms with Crippen molar-refractivity contribution in [1.29, 1.82) is 0 Å². The second-order valence-electron chi connectivity index (χ2n) is 4.98. The Morgan fingerprint density at radius 1 is 1.29 bits per heavy atom. The van der Waals surface area contributed by atoms with Crippen LogP contribution >= 0.6 is 23.1 Å². The molecular formula is C16H10ClFN2O3S. The molecule has 1 aromatic heterocycles. The highest BCUT2D eigenvalue weighted by Crippen LogP contribution is 2.28. The summed E-state index contributed by atoms with van der Waals surface area (Å²) in [6.45, 7) is 0. The summed E-state index contributed by atoms with van der Waals surface area (Å²) in [4.78, 5) is 23.1. The molecule has 3 rings (SSSR count). The maximum absolute atomic E-state index is 13.9. The van der Waals surface area contributed by atoms with Crippen molar-refractivity contribution in [1.82, 2.24) is 4.37 Å². The lowest BCUT2D eigenvalue weighted by atomic mass is 10.1. The van der Waals surface area contributed by atoms with Crippen LogP contribution in [0.4, 0.5) is 10.1 Å². The standard InChI is InChI=1S/C16H10ClFN2O3S/c17-10-5-8(6-14(21)22)11(18)7-12(10)19-16(23)15-9-3-1-2-4-13(9)24-20-15/h1-5,7H,6H2,(H,19,23)(H,21,22). The van der Waals surface area contributed by atoms with Gasteiger partial charge in [-0.3, -0.25) is 9.59 Å². The number of benzene rings is 2. The Labute approximate surface area is 144 Å². The molecule has 0 saturated carbocycles. The Hall–Kier alpha value is -2.51. The van der Waals surface area contributed by atoms with Gasteiger partial charge in [-0.25, -0.2) is 4.39 Å². The molecule has 0 aliphatic carbocycles. The summed E-state index contributed by atoms with van der Waals surface area (Å²) in [5, 5.41) is 12.0. The summed E-state index contributed by atoms with van der Waals surface area (Å²) >= 11 is 7.20. The molecule has 2 N–H and O–H groups in total. The fraction of sp³-hybridized carbons (Fsp3) is 0.0625. The first kappa shape index (κ1) is 16.4. The van der Waals surface area contributed by atoms with Crippen molar-refractivity contribution in [2.75, 3.05) is 5.32 Å². The third-order valence-corrected chi connectivity index (χ3v) is 4.46. The van der Waals surface area contributed by atoms with Crippen LogP contribution in [0.25, 0.3) is 10.1 Å². The Bertz CT molecular complexity index is 958. The average Bonchev–Trinajstić information content (AvgIpc) is 2.95. The molecule has 0 unspecified atom stereocenters. The molecule has 1 heterocycles. The number of carboxylic acid groups (broad SMARTS) is 1. The van der Waals surface area contributed by atoms with Gasteiger partial charge in [0, 0.05) is 10.9 Å². The molecule has 5 nitrogen and oxygen atoms in total. The Kier molecular flexibility index (Phi) is 4.46. The Morgan fingerprint density at radius 3 is 2.79 bits per heavy atom. The van der Waals surface area contributed by atoms with E-state index in [1.165, 1.54) is 17.6 Å². The zero-order valence-electron chi connectivity index (χ0n) is 12.0. The fourth-order valence-electron chi connectivity index (χ4n) is 2.21. The van der Waals surface area contributed by atoms with Gasteiger partial charge < -0.3 is 10.4 Å². The molecule has 0 saturated heterocycles. The second kappa shape index (κ2) is 6.54. The van der Waals surface area contributed by atoms with E-state index in [0.717, 1.165) is 10.8 Å². The number of nitrogens with one attached hydrogen (secondary N) is 1. The minimum atomic E-state index is -1.17. The largest absolute Gasteiger partial charge is 0.481 e. The molecule has 3 aromatic rings. The molecule has 1 amide bonds. The monoisotopic (exact) mass is 364 g/mol. The summed E-state index contributed by atoms with van der Waals surface area (Å²) in [5.74, 6) is -2.43. The third-order valence-electron chi connectivity index (χ3n) is 3.32. The molecule has 122 valence electrons. The Morgan fingerprint density at radius 2 is 2.04 bits per heavy atom. The van der Waals surface area contributed by atoms with Crippen LogP contribution in [0.2, 0.25) is 5.02 Å². The number of rotatable bonds is 4. The predicted molar refractivity (Wildman–Crippen MR) is 90.3 cm³/mol. The number of aliphatic carboxylic acids is 1. The van der Waals surface area contributed by atoms with Gasteiger partial charge in [0.25, 0.3) is 5.91 Å². The van der Waals surface area contributed by atoms with Gasteiger partial charge >= 0.3 is 5.97 Å². The van der Waals surface area contributed by atoms with Crippen LogP contribution in [0.5, 0.6) is 0 Å². The van der Waals surface area contributed by atoms with Gasteiger partial charge in [-0.1, -0.05) is 29.8 Å². The molecule has 0 fully saturated rings. The topological polar surface area (TPSA) is 79.3 Å². The molecule has 0 atom stereocenters. The Balaban J connectivity index is 1.89. The zero-order chi connectivity index (χ0) is 17.3. The predicted octanol–water partition coefficient (Wildman–Crippen LogP) is 3.97. The van der Waals surface area contributed by atoms with E-state index < -0.39 is 24.1 Å². The first-order valence-electron chi connectivity index (χ1n) is 6.81. The lowest BCUT2D eigenvalue weighted by molar-refractivity contribution is -0.136. The summed E-state index contributed by atoms with van der Waals surface area (Å²) in [6.07, 6.45) is -0.490. The number of amides is 1. The molecule has 0 aliphatic heterocycles. The van der Waals surface area contributed by atoms with Crippen molar-refractivity contribution in [2.45, 2.75) is 6.42 Å². The number of aromatic nitrogens is 1.